The molecule has 1 unspecified atom stereocenters. The zero-order valence-corrected chi connectivity index (χ0v) is 38.5. The van der Waals surface area contributed by atoms with Crippen LogP contribution in [0.5, 0.6) is 0 Å². The highest BCUT2D eigenvalue weighted by Crippen LogP contribution is 2.55. The molecule has 0 fully saturated rings. The molecule has 0 bridgehead atoms. The Kier molecular flexibility index (Phi) is 9.07. The maximum absolute atomic E-state index is 2.45. The van der Waals surface area contributed by atoms with Crippen molar-refractivity contribution in [2.24, 2.45) is 0 Å². The minimum atomic E-state index is -0.259. The van der Waals surface area contributed by atoms with Gasteiger partial charge in [-0.05, 0) is 149 Å². The normalized spacial score (nSPS) is 15.2. The van der Waals surface area contributed by atoms with E-state index in [1.807, 2.05) is 0 Å². The van der Waals surface area contributed by atoms with E-state index in [9.17, 15) is 0 Å². The lowest BCUT2D eigenvalue weighted by Gasteiger charge is -2.30. The Morgan fingerprint density at radius 3 is 1.54 bits per heavy atom. The second-order valence-electron chi connectivity index (χ2n) is 19.4. The molecule has 0 aliphatic heterocycles. The Morgan fingerprint density at radius 1 is 0.309 bits per heavy atom. The van der Waals surface area contributed by atoms with Crippen LogP contribution in [-0.2, 0) is 10.8 Å². The summed E-state index contributed by atoms with van der Waals surface area (Å²) >= 11 is 0. The summed E-state index contributed by atoms with van der Waals surface area (Å²) in [4.78, 5) is 2.45. The molecular weight excluding hydrogens is 819 g/mol. The smallest absolute Gasteiger partial charge is 0.0540 e. The maximum atomic E-state index is 2.45. The fourth-order valence-electron chi connectivity index (χ4n) is 11.9. The van der Waals surface area contributed by atoms with Crippen LogP contribution < -0.4 is 4.90 Å². The zero-order valence-electron chi connectivity index (χ0n) is 38.5. The summed E-state index contributed by atoms with van der Waals surface area (Å²) in [6.45, 7) is 7.16. The molecule has 1 nitrogen and oxygen atoms in total. The summed E-state index contributed by atoms with van der Waals surface area (Å²) in [6, 6.07) is 90.2. The van der Waals surface area contributed by atoms with Gasteiger partial charge in [-0.25, -0.2) is 0 Å². The lowest BCUT2D eigenvalue weighted by atomic mass is 9.74. The minimum Gasteiger partial charge on any atom is -0.310 e. The van der Waals surface area contributed by atoms with E-state index in [4.69, 9.17) is 0 Å². The standard InChI is InChI=1S/C67H49N/c1-66(2)61-25-12-9-21-56(61)59-23-15-24-60(65(59)66)58-22-11-14-27-64(58)68(51-36-30-44(31-37-51)47-34-40-54-49(42-47)29-28-46-16-7-8-19-53(46)54)52-38-32-45(33-39-52)48-35-41-57-55-20-10-13-26-62(55)67(3,63(57)43-48)50-17-5-4-6-18-50/h4-43H,1-3H3. The highest BCUT2D eigenvalue weighted by molar-refractivity contribution is 6.08. The number of hydrogen-bond acceptors (Lipinski definition) is 1. The van der Waals surface area contributed by atoms with Gasteiger partial charge in [0.15, 0.2) is 0 Å². The average molecular weight is 868 g/mol. The van der Waals surface area contributed by atoms with Gasteiger partial charge in [0, 0.05) is 27.8 Å². The van der Waals surface area contributed by atoms with E-state index in [-0.39, 0.29) is 10.8 Å². The van der Waals surface area contributed by atoms with Gasteiger partial charge < -0.3 is 4.90 Å². The summed E-state index contributed by atoms with van der Waals surface area (Å²) in [6.07, 6.45) is 0. The second kappa shape index (κ2) is 15.4. The Labute approximate surface area is 399 Å². The van der Waals surface area contributed by atoms with Crippen LogP contribution in [0.1, 0.15) is 48.6 Å². The highest BCUT2D eigenvalue weighted by atomic mass is 15.1. The van der Waals surface area contributed by atoms with E-state index in [0.29, 0.717) is 0 Å². The SMILES string of the molecule is CC1(C)c2ccccc2-c2cccc(-c3ccccc3N(c3ccc(-c4ccc5c(c4)C(C)(c4ccccc4)c4ccccc4-5)cc3)c3ccc(-c4ccc5c(ccc6ccccc65)c4)cc3)c21. The Bertz CT molecular complexity index is 3770. The van der Waals surface area contributed by atoms with Crippen LogP contribution in [0.2, 0.25) is 0 Å². The second-order valence-corrected chi connectivity index (χ2v) is 19.4. The molecule has 0 heterocycles. The van der Waals surface area contributed by atoms with Gasteiger partial charge in [0.25, 0.3) is 0 Å². The van der Waals surface area contributed by atoms with Crippen molar-refractivity contribution in [3.63, 3.8) is 0 Å². The molecule has 1 heteroatoms. The Hall–Kier alpha value is -8.26. The van der Waals surface area contributed by atoms with Crippen molar-refractivity contribution < 1.29 is 0 Å². The molecule has 0 radical (unpaired) electrons. The van der Waals surface area contributed by atoms with Crippen LogP contribution in [0.4, 0.5) is 17.1 Å². The van der Waals surface area contributed by atoms with Crippen LogP contribution in [0, 0.1) is 0 Å². The van der Waals surface area contributed by atoms with E-state index < -0.39 is 0 Å². The molecule has 322 valence electrons. The van der Waals surface area contributed by atoms with Gasteiger partial charge in [-0.2, -0.15) is 0 Å². The molecule has 11 aromatic rings. The number of rotatable bonds is 7. The van der Waals surface area contributed by atoms with Crippen molar-refractivity contribution in [3.8, 4) is 55.6 Å². The first-order valence-electron chi connectivity index (χ1n) is 23.9. The molecule has 1 atom stereocenters. The van der Waals surface area contributed by atoms with Gasteiger partial charge >= 0.3 is 0 Å². The summed E-state index contributed by atoms with van der Waals surface area (Å²) in [5.74, 6) is 0. The van der Waals surface area contributed by atoms with Crippen molar-refractivity contribution in [1.82, 2.24) is 0 Å². The monoisotopic (exact) mass is 867 g/mol. The van der Waals surface area contributed by atoms with Crippen LogP contribution in [0.3, 0.4) is 0 Å². The van der Waals surface area contributed by atoms with Crippen LogP contribution in [0.15, 0.2) is 243 Å². The molecular formula is C67H49N. The third-order valence-corrected chi connectivity index (χ3v) is 15.3. The number of nitrogens with zero attached hydrogens (tertiary/aromatic N) is 1. The van der Waals surface area contributed by atoms with Gasteiger partial charge in [0.1, 0.15) is 0 Å². The van der Waals surface area contributed by atoms with Gasteiger partial charge in [-0.15, -0.1) is 0 Å². The average Bonchev–Trinajstić information content (AvgIpc) is 3.80. The lowest BCUT2D eigenvalue weighted by molar-refractivity contribution is 0.662. The van der Waals surface area contributed by atoms with Crippen molar-refractivity contribution in [3.05, 3.63) is 270 Å². The molecule has 2 aliphatic rings. The molecule has 11 aromatic carbocycles. The highest BCUT2D eigenvalue weighted by Gasteiger charge is 2.41. The summed E-state index contributed by atoms with van der Waals surface area (Å²) in [5, 5.41) is 5.09. The molecule has 0 N–H and O–H groups in total. The van der Waals surface area contributed by atoms with Crippen molar-refractivity contribution >= 4 is 38.6 Å². The van der Waals surface area contributed by atoms with E-state index in [2.05, 4.69) is 268 Å². The molecule has 0 amide bonds. The number of hydrogen-bond donors (Lipinski definition) is 0. The third-order valence-electron chi connectivity index (χ3n) is 15.3. The minimum absolute atomic E-state index is 0.163. The predicted octanol–water partition coefficient (Wildman–Crippen LogP) is 18.1. The fraction of sp³-hybridized carbons (Fsp3) is 0.0746. The molecule has 0 spiro atoms. The van der Waals surface area contributed by atoms with Gasteiger partial charge in [-0.3, -0.25) is 0 Å². The first kappa shape index (κ1) is 40.1. The van der Waals surface area contributed by atoms with Crippen LogP contribution >= 0.6 is 0 Å². The molecule has 0 saturated heterocycles. The Balaban J connectivity index is 0.933. The first-order valence-corrected chi connectivity index (χ1v) is 23.9. The predicted molar refractivity (Wildman–Crippen MR) is 287 cm³/mol. The lowest BCUT2D eigenvalue weighted by Crippen LogP contribution is -2.22. The Morgan fingerprint density at radius 2 is 0.809 bits per heavy atom. The molecule has 2 aliphatic carbocycles. The number of fused-ring (bicyclic) bond motifs is 9. The van der Waals surface area contributed by atoms with E-state index in [0.717, 1.165) is 17.1 Å². The third kappa shape index (κ3) is 6.09. The molecule has 68 heavy (non-hydrogen) atoms. The van der Waals surface area contributed by atoms with Crippen LogP contribution in [-0.4, -0.2) is 0 Å². The van der Waals surface area contributed by atoms with E-state index >= 15 is 0 Å². The topological polar surface area (TPSA) is 3.24 Å². The number of para-hydroxylation sites is 1. The van der Waals surface area contributed by atoms with Gasteiger partial charge in [0.2, 0.25) is 0 Å². The summed E-state index contributed by atoms with van der Waals surface area (Å²) in [5.41, 5.74) is 22.3. The van der Waals surface area contributed by atoms with E-state index in [1.54, 1.807) is 0 Å². The van der Waals surface area contributed by atoms with E-state index in [1.165, 1.54) is 105 Å². The van der Waals surface area contributed by atoms with Crippen molar-refractivity contribution in [2.45, 2.75) is 31.6 Å². The quantitative estimate of drug-likeness (QED) is 0.144. The summed E-state index contributed by atoms with van der Waals surface area (Å²) < 4.78 is 0. The van der Waals surface area contributed by atoms with Crippen molar-refractivity contribution in [2.75, 3.05) is 4.90 Å². The number of anilines is 3. The number of benzene rings is 11. The first-order chi connectivity index (χ1) is 33.4. The van der Waals surface area contributed by atoms with Crippen LogP contribution in [0.25, 0.3) is 77.2 Å². The molecule has 13 rings (SSSR count). The van der Waals surface area contributed by atoms with Gasteiger partial charge in [0.05, 0.1) is 5.69 Å². The van der Waals surface area contributed by atoms with Gasteiger partial charge in [-0.1, -0.05) is 214 Å². The molecule has 0 saturated carbocycles. The molecule has 0 aromatic heterocycles. The zero-order chi connectivity index (χ0) is 45.6. The largest absolute Gasteiger partial charge is 0.310 e. The van der Waals surface area contributed by atoms with Crippen molar-refractivity contribution in [1.29, 1.82) is 0 Å². The summed E-state index contributed by atoms with van der Waals surface area (Å²) in [7, 11) is 0. The maximum Gasteiger partial charge on any atom is 0.0540 e. The fourth-order valence-corrected chi connectivity index (χ4v) is 11.9.